The fourth-order valence-electron chi connectivity index (χ4n) is 4.21. The normalized spacial score (nSPS) is 18.7. The van der Waals surface area contributed by atoms with Crippen LogP contribution in [0, 0.1) is 18.3 Å². The number of aromatic nitrogens is 1. The van der Waals surface area contributed by atoms with Crippen molar-refractivity contribution in [1.29, 1.82) is 5.26 Å². The first-order valence-electron chi connectivity index (χ1n) is 10.0. The Morgan fingerprint density at radius 1 is 1.28 bits per heavy atom. The zero-order valence-electron chi connectivity index (χ0n) is 17.3. The van der Waals surface area contributed by atoms with Crippen molar-refractivity contribution in [3.8, 4) is 6.07 Å². The number of thiocarbonyl (C=S) groups is 1. The van der Waals surface area contributed by atoms with Crippen LogP contribution in [0.3, 0.4) is 0 Å². The molecule has 0 radical (unpaired) electrons. The molecule has 29 heavy (non-hydrogen) atoms. The molecule has 0 bridgehead atoms. The Kier molecular flexibility index (Phi) is 6.49. The van der Waals surface area contributed by atoms with E-state index >= 15 is 0 Å². The molecule has 1 aromatic heterocycles. The van der Waals surface area contributed by atoms with Crippen LogP contribution in [0.1, 0.15) is 56.2 Å². The molecule has 1 aliphatic carbocycles. The average molecular weight is 431 g/mol. The van der Waals surface area contributed by atoms with Gasteiger partial charge in [0.05, 0.1) is 4.91 Å². The van der Waals surface area contributed by atoms with Crippen LogP contribution in [0.15, 0.2) is 9.70 Å². The molecule has 0 unspecified atom stereocenters. The minimum absolute atomic E-state index is 0.0656. The van der Waals surface area contributed by atoms with E-state index in [0.29, 0.717) is 27.9 Å². The van der Waals surface area contributed by atoms with Crippen molar-refractivity contribution in [3.05, 3.63) is 31.9 Å². The molecule has 8 heteroatoms. The molecule has 1 aliphatic heterocycles. The highest BCUT2D eigenvalue weighted by atomic mass is 32.2. The molecule has 1 saturated carbocycles. The number of rotatable bonds is 5. The van der Waals surface area contributed by atoms with Gasteiger partial charge >= 0.3 is 0 Å². The van der Waals surface area contributed by atoms with Gasteiger partial charge in [-0.05, 0) is 45.3 Å². The van der Waals surface area contributed by atoms with Crippen LogP contribution in [0.2, 0.25) is 0 Å². The molecule has 1 saturated heterocycles. The fourth-order valence-corrected chi connectivity index (χ4v) is 5.59. The van der Waals surface area contributed by atoms with E-state index in [1.807, 2.05) is 26.0 Å². The minimum Gasteiger partial charge on any atom is -0.358 e. The summed E-state index contributed by atoms with van der Waals surface area (Å²) in [6, 6.07) is 2.22. The Balaban J connectivity index is 2.16. The Labute approximate surface area is 181 Å². The number of anilines is 1. The van der Waals surface area contributed by atoms with Crippen LogP contribution in [-0.2, 0) is 11.8 Å². The molecular weight excluding hydrogens is 404 g/mol. The number of thioether (sulfide) groups is 1. The summed E-state index contributed by atoms with van der Waals surface area (Å²) in [5.74, 6) is 0.659. The third-order valence-electron chi connectivity index (χ3n) is 5.82. The van der Waals surface area contributed by atoms with Gasteiger partial charge in [0.25, 0.3) is 11.5 Å². The first-order chi connectivity index (χ1) is 13.8. The zero-order chi connectivity index (χ0) is 21.3. The SMILES string of the molecule is CCN(CC)c1c(C=C2SC(=S)N(C3CCCC3)C2=O)c(C)c(C#N)c(=O)n1C. The van der Waals surface area contributed by atoms with Gasteiger partial charge in [0.15, 0.2) is 0 Å². The highest BCUT2D eigenvalue weighted by Crippen LogP contribution is 2.39. The predicted molar refractivity (Wildman–Crippen MR) is 122 cm³/mol. The molecular formula is C21H26N4O2S2. The predicted octanol–water partition coefficient (Wildman–Crippen LogP) is 3.56. The van der Waals surface area contributed by atoms with E-state index in [4.69, 9.17) is 12.2 Å². The van der Waals surface area contributed by atoms with E-state index in [9.17, 15) is 14.9 Å². The number of carbonyl (C=O) groups is 1. The number of pyridine rings is 1. The average Bonchev–Trinajstić information content (AvgIpc) is 3.31. The third-order valence-corrected chi connectivity index (χ3v) is 7.15. The molecule has 1 aromatic rings. The fraction of sp³-hybridized carbons (Fsp3) is 0.524. The molecule has 0 atom stereocenters. The summed E-state index contributed by atoms with van der Waals surface area (Å²) in [5, 5.41) is 9.53. The van der Waals surface area contributed by atoms with Crippen LogP contribution in [-0.4, -0.2) is 38.8 Å². The van der Waals surface area contributed by atoms with Crippen LogP contribution in [0.5, 0.6) is 0 Å². The third kappa shape index (κ3) is 3.74. The number of hydrogen-bond donors (Lipinski definition) is 0. The van der Waals surface area contributed by atoms with E-state index in [-0.39, 0.29) is 23.1 Å². The second-order valence-corrected chi connectivity index (χ2v) is 9.05. The standard InChI is InChI=1S/C21H26N4O2S2/c1-5-24(6-2)18-15(13(3)16(12-22)19(26)23(18)4)11-17-20(27)25(21(28)29-17)14-9-7-8-10-14/h11,14H,5-10H2,1-4H3. The van der Waals surface area contributed by atoms with Crippen molar-refractivity contribution in [2.75, 3.05) is 18.0 Å². The summed E-state index contributed by atoms with van der Waals surface area (Å²) in [4.78, 5) is 30.2. The summed E-state index contributed by atoms with van der Waals surface area (Å²) in [6.07, 6.45) is 6.04. The van der Waals surface area contributed by atoms with Crippen LogP contribution >= 0.6 is 24.0 Å². The van der Waals surface area contributed by atoms with E-state index in [1.54, 1.807) is 18.9 Å². The van der Waals surface area contributed by atoms with Crippen molar-refractivity contribution in [2.24, 2.45) is 7.05 Å². The maximum Gasteiger partial charge on any atom is 0.270 e. The molecule has 6 nitrogen and oxygen atoms in total. The summed E-state index contributed by atoms with van der Waals surface area (Å²) < 4.78 is 2.11. The monoisotopic (exact) mass is 430 g/mol. The largest absolute Gasteiger partial charge is 0.358 e. The highest BCUT2D eigenvalue weighted by Gasteiger charge is 2.38. The topological polar surface area (TPSA) is 69.3 Å². The molecule has 0 aromatic carbocycles. The first-order valence-corrected chi connectivity index (χ1v) is 11.2. The molecule has 1 amide bonds. The summed E-state index contributed by atoms with van der Waals surface area (Å²) in [7, 11) is 1.68. The summed E-state index contributed by atoms with van der Waals surface area (Å²) in [6.45, 7) is 7.23. The second-order valence-electron chi connectivity index (χ2n) is 7.38. The molecule has 0 N–H and O–H groups in total. The van der Waals surface area contributed by atoms with Gasteiger partial charge in [0.2, 0.25) is 0 Å². The van der Waals surface area contributed by atoms with Crippen molar-refractivity contribution < 1.29 is 4.79 Å². The molecule has 2 aliphatic rings. The number of carbonyl (C=O) groups excluding carboxylic acids is 1. The van der Waals surface area contributed by atoms with Gasteiger partial charge in [0, 0.05) is 31.7 Å². The van der Waals surface area contributed by atoms with Gasteiger partial charge in [-0.1, -0.05) is 36.8 Å². The molecule has 2 heterocycles. The van der Waals surface area contributed by atoms with Gasteiger partial charge in [0.1, 0.15) is 21.8 Å². The van der Waals surface area contributed by atoms with Gasteiger partial charge < -0.3 is 4.90 Å². The van der Waals surface area contributed by atoms with Crippen LogP contribution in [0.4, 0.5) is 5.82 Å². The molecule has 3 rings (SSSR count). The number of nitriles is 1. The highest BCUT2D eigenvalue weighted by molar-refractivity contribution is 8.26. The Morgan fingerprint density at radius 3 is 2.45 bits per heavy atom. The van der Waals surface area contributed by atoms with Gasteiger partial charge in [-0.25, -0.2) is 0 Å². The van der Waals surface area contributed by atoms with Crippen molar-refractivity contribution >= 4 is 46.1 Å². The van der Waals surface area contributed by atoms with E-state index < -0.39 is 0 Å². The Bertz CT molecular complexity index is 980. The molecule has 154 valence electrons. The number of nitrogens with zero attached hydrogens (tertiary/aromatic N) is 4. The summed E-state index contributed by atoms with van der Waals surface area (Å²) in [5.41, 5.74) is 1.13. The van der Waals surface area contributed by atoms with Crippen LogP contribution < -0.4 is 10.5 Å². The minimum atomic E-state index is -0.317. The van der Waals surface area contributed by atoms with Gasteiger partial charge in [-0.2, -0.15) is 5.26 Å². The quantitative estimate of drug-likeness (QED) is 0.526. The lowest BCUT2D eigenvalue weighted by atomic mass is 10.0. The van der Waals surface area contributed by atoms with Crippen molar-refractivity contribution in [3.63, 3.8) is 0 Å². The number of amides is 1. The lowest BCUT2D eigenvalue weighted by Gasteiger charge is -2.27. The van der Waals surface area contributed by atoms with E-state index in [2.05, 4.69) is 4.90 Å². The first kappa shape index (κ1) is 21.6. The Morgan fingerprint density at radius 2 is 1.90 bits per heavy atom. The van der Waals surface area contributed by atoms with Crippen molar-refractivity contribution in [2.45, 2.75) is 52.5 Å². The maximum atomic E-state index is 13.1. The van der Waals surface area contributed by atoms with E-state index in [0.717, 1.165) is 37.1 Å². The molecule has 2 fully saturated rings. The number of hydrogen-bond acceptors (Lipinski definition) is 6. The zero-order valence-corrected chi connectivity index (χ0v) is 19.0. The Hall–Kier alpha value is -2.11. The van der Waals surface area contributed by atoms with Crippen molar-refractivity contribution in [1.82, 2.24) is 9.47 Å². The maximum absolute atomic E-state index is 13.1. The van der Waals surface area contributed by atoms with Gasteiger partial charge in [-0.3, -0.25) is 19.1 Å². The smallest absolute Gasteiger partial charge is 0.270 e. The lowest BCUT2D eigenvalue weighted by molar-refractivity contribution is -0.123. The lowest BCUT2D eigenvalue weighted by Crippen LogP contribution is -2.36. The van der Waals surface area contributed by atoms with E-state index in [1.165, 1.54) is 16.3 Å². The van der Waals surface area contributed by atoms with Gasteiger partial charge in [-0.15, -0.1) is 0 Å². The summed E-state index contributed by atoms with van der Waals surface area (Å²) >= 11 is 6.83. The van der Waals surface area contributed by atoms with Crippen LogP contribution in [0.25, 0.3) is 6.08 Å². The molecule has 0 spiro atoms. The second kappa shape index (κ2) is 8.72.